The molecule has 0 bridgehead atoms. The Labute approximate surface area is 165 Å². The van der Waals surface area contributed by atoms with Gasteiger partial charge < -0.3 is 14.2 Å². The van der Waals surface area contributed by atoms with E-state index in [0.717, 1.165) is 49.5 Å². The molecule has 0 unspecified atom stereocenters. The molecule has 2 aromatic heterocycles. The first-order chi connectivity index (χ1) is 13.7. The Hall–Kier alpha value is -2.19. The van der Waals surface area contributed by atoms with E-state index in [-0.39, 0.29) is 5.91 Å². The Morgan fingerprint density at radius 3 is 2.61 bits per heavy atom. The molecule has 0 aliphatic carbocycles. The molecule has 0 spiro atoms. The predicted molar refractivity (Wildman–Crippen MR) is 104 cm³/mol. The van der Waals surface area contributed by atoms with E-state index in [1.165, 1.54) is 5.69 Å². The van der Waals surface area contributed by atoms with Crippen molar-refractivity contribution in [3.05, 3.63) is 23.7 Å². The van der Waals surface area contributed by atoms with E-state index in [9.17, 15) is 4.79 Å². The van der Waals surface area contributed by atoms with Gasteiger partial charge in [0.05, 0.1) is 42.9 Å². The molecule has 0 radical (unpaired) electrons. The lowest BCUT2D eigenvalue weighted by molar-refractivity contribution is -0.136. The highest BCUT2D eigenvalue weighted by atomic mass is 16.5. The van der Waals surface area contributed by atoms with Gasteiger partial charge in [-0.1, -0.05) is 5.16 Å². The van der Waals surface area contributed by atoms with Crippen molar-refractivity contribution in [1.82, 2.24) is 24.7 Å². The molecule has 0 aromatic carbocycles. The summed E-state index contributed by atoms with van der Waals surface area (Å²) in [7, 11) is 0. The smallest absolute Gasteiger partial charge is 0.236 e. The molecule has 1 amide bonds. The number of aromatic nitrogens is 3. The number of hydrogen-bond donors (Lipinski definition) is 0. The molecule has 152 valence electrons. The molecule has 2 saturated heterocycles. The second kappa shape index (κ2) is 8.45. The van der Waals surface area contributed by atoms with Crippen LogP contribution in [0.5, 0.6) is 0 Å². The topological polar surface area (TPSA) is 76.6 Å². The lowest BCUT2D eigenvalue weighted by Crippen LogP contribution is -2.47. The molecule has 0 atom stereocenters. The molecule has 4 heterocycles. The van der Waals surface area contributed by atoms with Gasteiger partial charge in [0, 0.05) is 31.6 Å². The van der Waals surface area contributed by atoms with Crippen molar-refractivity contribution in [3.63, 3.8) is 0 Å². The highest BCUT2D eigenvalue weighted by Crippen LogP contribution is 2.35. The van der Waals surface area contributed by atoms with Crippen LogP contribution in [0.4, 0.5) is 0 Å². The number of nitrogens with zero attached hydrogens (tertiary/aromatic N) is 5. The number of carbonyl (C=O) groups is 1. The number of piperidine rings is 1. The van der Waals surface area contributed by atoms with Crippen LogP contribution in [0.2, 0.25) is 0 Å². The molecular formula is C20H29N5O3. The van der Waals surface area contributed by atoms with Crippen LogP contribution in [0.1, 0.15) is 37.1 Å². The lowest BCUT2D eigenvalue weighted by Gasteiger charge is -2.34. The van der Waals surface area contributed by atoms with Crippen molar-refractivity contribution < 1.29 is 14.1 Å². The van der Waals surface area contributed by atoms with E-state index in [1.807, 2.05) is 24.1 Å². The number of likely N-dealkylation sites (tertiary alicyclic amines) is 1. The minimum Gasteiger partial charge on any atom is -0.378 e. The summed E-state index contributed by atoms with van der Waals surface area (Å²) < 4.78 is 12.9. The lowest BCUT2D eigenvalue weighted by atomic mass is 9.90. The van der Waals surface area contributed by atoms with Crippen LogP contribution in [0.15, 0.2) is 16.8 Å². The zero-order valence-electron chi connectivity index (χ0n) is 16.8. The van der Waals surface area contributed by atoms with Crippen molar-refractivity contribution >= 4 is 5.91 Å². The van der Waals surface area contributed by atoms with E-state index in [4.69, 9.17) is 9.26 Å². The van der Waals surface area contributed by atoms with Gasteiger partial charge in [-0.3, -0.25) is 14.4 Å². The fourth-order valence-electron chi connectivity index (χ4n) is 4.23. The number of aryl methyl sites for hydroxylation is 2. The quantitative estimate of drug-likeness (QED) is 0.780. The molecule has 2 aromatic rings. The molecule has 4 rings (SSSR count). The summed E-state index contributed by atoms with van der Waals surface area (Å²) in [5.74, 6) is 1.42. The van der Waals surface area contributed by atoms with Gasteiger partial charge in [-0.25, -0.2) is 0 Å². The first-order valence-electron chi connectivity index (χ1n) is 10.2. The number of hydrogen-bond acceptors (Lipinski definition) is 6. The molecule has 8 nitrogen and oxygen atoms in total. The Kier molecular flexibility index (Phi) is 5.77. The molecule has 28 heavy (non-hydrogen) atoms. The van der Waals surface area contributed by atoms with Crippen LogP contribution in [-0.4, -0.2) is 76.6 Å². The van der Waals surface area contributed by atoms with Gasteiger partial charge in [-0.15, -0.1) is 0 Å². The highest BCUT2D eigenvalue weighted by Gasteiger charge is 2.29. The second-order valence-corrected chi connectivity index (χ2v) is 7.64. The summed E-state index contributed by atoms with van der Waals surface area (Å²) in [5, 5.41) is 8.60. The van der Waals surface area contributed by atoms with Crippen LogP contribution in [0.3, 0.4) is 0 Å². The van der Waals surface area contributed by atoms with Crippen LogP contribution >= 0.6 is 0 Å². The van der Waals surface area contributed by atoms with Crippen molar-refractivity contribution in [2.75, 3.05) is 45.9 Å². The standard InChI is InChI=1S/C20H29N5O3/c1-3-25-20(17(13-21-25)18-12-15(2)22-28-18)16-4-6-23(7-5-16)14-19(26)24-8-10-27-11-9-24/h12-13,16H,3-11,14H2,1-2H3. The monoisotopic (exact) mass is 387 g/mol. The largest absolute Gasteiger partial charge is 0.378 e. The fourth-order valence-corrected chi connectivity index (χ4v) is 4.23. The first-order valence-corrected chi connectivity index (χ1v) is 10.2. The van der Waals surface area contributed by atoms with Crippen molar-refractivity contribution in [3.8, 4) is 11.3 Å². The summed E-state index contributed by atoms with van der Waals surface area (Å²) in [5.41, 5.74) is 3.16. The van der Waals surface area contributed by atoms with Crippen LogP contribution in [-0.2, 0) is 16.1 Å². The summed E-state index contributed by atoms with van der Waals surface area (Å²) in [6.07, 6.45) is 3.93. The Morgan fingerprint density at radius 1 is 1.21 bits per heavy atom. The van der Waals surface area contributed by atoms with E-state index in [2.05, 4.69) is 26.8 Å². The van der Waals surface area contributed by atoms with E-state index >= 15 is 0 Å². The second-order valence-electron chi connectivity index (χ2n) is 7.64. The van der Waals surface area contributed by atoms with Crippen molar-refractivity contribution in [1.29, 1.82) is 0 Å². The van der Waals surface area contributed by atoms with E-state index in [1.54, 1.807) is 0 Å². The summed E-state index contributed by atoms with van der Waals surface area (Å²) in [4.78, 5) is 16.7. The van der Waals surface area contributed by atoms with Gasteiger partial charge in [-0.2, -0.15) is 5.10 Å². The van der Waals surface area contributed by atoms with Gasteiger partial charge in [0.1, 0.15) is 0 Å². The number of amides is 1. The Morgan fingerprint density at radius 2 is 1.96 bits per heavy atom. The average molecular weight is 387 g/mol. The van der Waals surface area contributed by atoms with Gasteiger partial charge in [0.15, 0.2) is 5.76 Å². The zero-order valence-corrected chi connectivity index (χ0v) is 16.8. The molecule has 8 heteroatoms. The van der Waals surface area contributed by atoms with E-state index < -0.39 is 0 Å². The Balaban J connectivity index is 1.41. The summed E-state index contributed by atoms with van der Waals surface area (Å²) in [6, 6.07) is 1.97. The van der Waals surface area contributed by atoms with Crippen LogP contribution in [0.25, 0.3) is 11.3 Å². The zero-order chi connectivity index (χ0) is 19.5. The van der Waals surface area contributed by atoms with Crippen LogP contribution in [0, 0.1) is 6.92 Å². The maximum atomic E-state index is 12.5. The third kappa shape index (κ3) is 3.98. The Bertz CT molecular complexity index is 801. The van der Waals surface area contributed by atoms with Crippen LogP contribution < -0.4 is 0 Å². The molecule has 2 aliphatic heterocycles. The minimum atomic E-state index is 0.221. The number of rotatable bonds is 5. The predicted octanol–water partition coefficient (Wildman–Crippen LogP) is 1.90. The fraction of sp³-hybridized carbons (Fsp3) is 0.650. The summed E-state index contributed by atoms with van der Waals surface area (Å²) in [6.45, 7) is 9.96. The number of morpholine rings is 1. The molecule has 0 N–H and O–H groups in total. The molecular weight excluding hydrogens is 358 g/mol. The third-order valence-corrected chi connectivity index (χ3v) is 5.77. The molecule has 0 saturated carbocycles. The van der Waals surface area contributed by atoms with Gasteiger partial charge in [-0.05, 0) is 39.8 Å². The van der Waals surface area contributed by atoms with Gasteiger partial charge in [0.25, 0.3) is 0 Å². The maximum absolute atomic E-state index is 12.5. The maximum Gasteiger partial charge on any atom is 0.236 e. The number of ether oxygens (including phenoxy) is 1. The van der Waals surface area contributed by atoms with Crippen molar-refractivity contribution in [2.45, 2.75) is 39.2 Å². The average Bonchev–Trinajstić information content (AvgIpc) is 3.35. The molecule has 2 aliphatic rings. The first kappa shape index (κ1) is 19.1. The SMILES string of the molecule is CCn1ncc(-c2cc(C)no2)c1C1CCN(CC(=O)N2CCOCC2)CC1. The number of carbonyl (C=O) groups excluding carboxylic acids is 1. The highest BCUT2D eigenvalue weighted by molar-refractivity contribution is 5.78. The minimum absolute atomic E-state index is 0.221. The van der Waals surface area contributed by atoms with Gasteiger partial charge in [0.2, 0.25) is 5.91 Å². The molecule has 2 fully saturated rings. The normalized spacial score (nSPS) is 19.3. The summed E-state index contributed by atoms with van der Waals surface area (Å²) >= 11 is 0. The third-order valence-electron chi connectivity index (χ3n) is 5.77. The van der Waals surface area contributed by atoms with E-state index in [0.29, 0.717) is 38.8 Å². The van der Waals surface area contributed by atoms with Gasteiger partial charge >= 0.3 is 0 Å². The van der Waals surface area contributed by atoms with Crippen molar-refractivity contribution in [2.24, 2.45) is 0 Å².